The average Bonchev–Trinajstić information content (AvgIpc) is 1.53. The number of fused-ring (bicyclic) bond motifs is 4. The van der Waals surface area contributed by atoms with E-state index >= 15 is 0 Å². The van der Waals surface area contributed by atoms with Crippen molar-refractivity contribution in [3.63, 3.8) is 0 Å². The van der Waals surface area contributed by atoms with Crippen molar-refractivity contribution in [2.45, 2.75) is 59.2 Å². The molecule has 0 saturated heterocycles. The predicted molar refractivity (Wildman–Crippen MR) is 421 cm³/mol. The molecule has 0 bridgehead atoms. The quantitative estimate of drug-likeness (QED) is 0.0434. The zero-order valence-electron chi connectivity index (χ0n) is 92.6. The summed E-state index contributed by atoms with van der Waals surface area (Å²) >= 11 is 0. The summed E-state index contributed by atoms with van der Waals surface area (Å²) in [5.41, 5.74) is -2.07. The first kappa shape index (κ1) is 35.5. The maximum atomic E-state index is 10.6. The molecule has 0 atom stereocenters. The van der Waals surface area contributed by atoms with Crippen LogP contribution in [0.1, 0.15) is 110 Å². The molecule has 0 aliphatic heterocycles. The molecular formula is C94H76N3OPtSi2+. The smallest absolute Gasteiger partial charge is 0.510 e. The van der Waals surface area contributed by atoms with E-state index in [1.54, 1.807) is 53.1 Å². The summed E-state index contributed by atoms with van der Waals surface area (Å²) in [5.74, 6) is -0.206. The average molecular weight is 1550 g/mol. The number of rotatable bonds is 15. The minimum atomic E-state index is -6.95. The molecule has 0 aliphatic carbocycles. The summed E-state index contributed by atoms with van der Waals surface area (Å²) in [5, 5.41) is -7.45. The molecule has 16 aromatic rings. The molecule has 0 radical (unpaired) electrons. The van der Waals surface area contributed by atoms with E-state index in [4.69, 9.17) is 15.7 Å². The molecule has 14 aromatic carbocycles. The zero-order valence-corrected chi connectivity index (χ0v) is 58.9. The number of ether oxygens (including phenoxy) is 1. The maximum absolute atomic E-state index is 10.6. The van der Waals surface area contributed by atoms with Crippen molar-refractivity contribution >= 4 is 90.5 Å². The number of benzene rings is 14. The second kappa shape index (κ2) is 27.1. The SMILES string of the molecule is [2H]c1c([2H])c([2H])c(-c2c[c-]c(-n3c4[c-]c(Oc5[c-]c(-n6[c-][n+](-c7c([Si](c8c([2H])c([2H])c([2H])c([2H])c8[2H])(c8c([2H])c([2H])c([2H])c([2H])c8[2H])c8c([2H])c([2H])c([2H])c([2H])c8[2H])cc(C(C)(C)C)cc7[Si](c7c([2H])c([2H])c([2H])c([2H])c7[2H])(c7c([2H])c([2H])c([2H])c([2H])c7[2H])c7c([2H])c([2H])c([2H])c([2H])c7[2H])c7ccc(-c8ccc(C(C)(C)C)cc8)cc76)ccc5)ccc4c4ccccc43)cc2C([2H])([2H])[2H])c([2H])c1[2H].[Pt+4]. The molecule has 0 fully saturated rings. The second-order valence-corrected chi connectivity index (χ2v) is 32.6. The third kappa shape index (κ3) is 11.9. The van der Waals surface area contributed by atoms with E-state index in [1.165, 1.54) is 73.9 Å². The standard InChI is InChI=1S/C94H76N3OSi2.Pt/c1-67-60-74(55-57-83(67)69-32-15-8-16-33-69)97-86-49-30-29-48-84(86)85-58-56-76(65-88(85)97)98-75-35-31-34-73(64-75)95-66-96(87-59-52-70(61-89(87)95)68-50-53-71(54-51-68)93(2,3)4)92-90(99(77-36-17-9-18-37-77,78-38-19-10-20-39-78)79-40-21-11-22-41-79)62-72(94(5,6)7)63-91(92)100(80-42-23-12-24-43-80,81-44-25-13-26-45-81)82-46-27-14-28-47-82;/h8-54,56-63H,1-7H3;/q-3;+4/i1D3,8D,9D,10D,11D,12D,13D,14D,15D,16D,17D,18D,19D,20D,21D,22D,23D,24D,25D,26D,27D,28D,32D,33D,36D,37D,38D,39D,40D,41D,42D,43D,44D,45D,46D,47D;. The maximum Gasteiger partial charge on any atom is 4.00 e. The van der Waals surface area contributed by atoms with Crippen molar-refractivity contribution in [2.75, 3.05) is 0 Å². The fourth-order valence-electron chi connectivity index (χ4n) is 13.0. The number of aromatic nitrogens is 3. The van der Waals surface area contributed by atoms with Crippen LogP contribution < -0.4 is 50.8 Å². The Morgan fingerprint density at radius 1 is 0.426 bits per heavy atom. The Kier molecular flexibility index (Phi) is 9.53. The van der Waals surface area contributed by atoms with Crippen LogP contribution in [0.25, 0.3) is 72.2 Å². The minimum Gasteiger partial charge on any atom is -0.510 e. The van der Waals surface area contributed by atoms with Crippen molar-refractivity contribution < 1.29 is 82.5 Å². The van der Waals surface area contributed by atoms with Gasteiger partial charge in [0.05, 0.1) is 64.7 Å². The van der Waals surface area contributed by atoms with Gasteiger partial charge in [-0.2, -0.15) is 35.9 Å². The van der Waals surface area contributed by atoms with Gasteiger partial charge < -0.3 is 13.9 Å². The molecular weight excluding hydrogens is 1440 g/mol. The predicted octanol–water partition coefficient (Wildman–Crippen LogP) is 17.0. The number of nitrogens with zero attached hydrogens (tertiary/aromatic N) is 3. The van der Waals surface area contributed by atoms with E-state index in [2.05, 4.69) is 24.5 Å². The number of hydrogen-bond donors (Lipinski definition) is 0. The molecule has 490 valence electrons. The Bertz CT molecular complexity index is 7250. The van der Waals surface area contributed by atoms with Gasteiger partial charge in [-0.05, 0) is 97.8 Å². The molecule has 7 heteroatoms. The van der Waals surface area contributed by atoms with Crippen LogP contribution in [0.15, 0.2) is 333 Å². The Balaban J connectivity index is 0.0000146. The molecule has 0 aliphatic rings. The van der Waals surface area contributed by atoms with E-state index in [1.807, 2.05) is 45.0 Å². The Morgan fingerprint density at radius 2 is 0.911 bits per heavy atom. The topological polar surface area (TPSA) is 23.0 Å². The van der Waals surface area contributed by atoms with Crippen LogP contribution in [-0.4, -0.2) is 25.3 Å². The summed E-state index contributed by atoms with van der Waals surface area (Å²) in [6, 6.07) is 0.129. The van der Waals surface area contributed by atoms with Gasteiger partial charge in [-0.1, -0.05) is 343 Å². The Morgan fingerprint density at radius 3 is 1.42 bits per heavy atom. The first-order chi connectivity index (χ1) is 64.5. The molecule has 2 aromatic heterocycles. The van der Waals surface area contributed by atoms with Crippen molar-refractivity contribution in [1.82, 2.24) is 9.13 Å². The van der Waals surface area contributed by atoms with Crippen LogP contribution in [0.4, 0.5) is 0 Å². The molecule has 0 amide bonds. The molecule has 0 N–H and O–H groups in total. The van der Waals surface area contributed by atoms with Gasteiger partial charge in [-0.3, -0.25) is 4.57 Å². The summed E-state index contributed by atoms with van der Waals surface area (Å²) in [4.78, 5) is 0. The van der Waals surface area contributed by atoms with Crippen molar-refractivity contribution in [2.24, 2.45) is 0 Å². The van der Waals surface area contributed by atoms with Crippen LogP contribution in [0, 0.1) is 31.4 Å². The van der Waals surface area contributed by atoms with E-state index in [0.29, 0.717) is 27.4 Å². The van der Waals surface area contributed by atoms with Crippen LogP contribution in [0.2, 0.25) is 0 Å². The van der Waals surface area contributed by atoms with E-state index in [9.17, 15) is 41.1 Å². The Labute approximate surface area is 663 Å². The summed E-state index contributed by atoms with van der Waals surface area (Å²) in [7, 11) is -13.9. The normalized spacial score (nSPS) is 17.4. The monoisotopic (exact) mass is 1550 g/mol. The zero-order chi connectivity index (χ0) is 101. The molecule has 0 spiro atoms. The fraction of sp³-hybridized carbons (Fsp3) is 0.0957. The molecule has 101 heavy (non-hydrogen) atoms. The van der Waals surface area contributed by atoms with Gasteiger partial charge >= 0.3 is 21.1 Å². The first-order valence-corrected chi connectivity index (χ1v) is 35.5. The third-order valence-corrected chi connectivity index (χ3v) is 26.1. The Hall–Kier alpha value is -10.7. The van der Waals surface area contributed by atoms with Crippen molar-refractivity contribution in [1.29, 1.82) is 0 Å². The van der Waals surface area contributed by atoms with Crippen LogP contribution >= 0.6 is 0 Å². The van der Waals surface area contributed by atoms with Gasteiger partial charge in [-0.15, -0.1) is 41.3 Å². The van der Waals surface area contributed by atoms with E-state index < -0.39 is 298 Å². The van der Waals surface area contributed by atoms with E-state index in [-0.39, 0.29) is 77.2 Å². The van der Waals surface area contributed by atoms with Crippen molar-refractivity contribution in [3.8, 4) is 50.8 Å². The molecule has 0 unspecified atom stereocenters. The van der Waals surface area contributed by atoms with Crippen LogP contribution in [0.3, 0.4) is 0 Å². The number of hydrogen-bond acceptors (Lipinski definition) is 1. The van der Waals surface area contributed by atoms with Crippen LogP contribution in [0.5, 0.6) is 11.5 Å². The summed E-state index contributed by atoms with van der Waals surface area (Å²) in [6.07, 6.45) is 3.39. The number of aryl methyl sites for hydroxylation is 1. The molecule has 16 rings (SSSR count). The van der Waals surface area contributed by atoms with Gasteiger partial charge in [0, 0.05) is 21.1 Å². The van der Waals surface area contributed by atoms with Crippen molar-refractivity contribution in [3.05, 3.63) is 374 Å². The van der Waals surface area contributed by atoms with Gasteiger partial charge in [0.25, 0.3) is 6.33 Å². The molecule has 0 saturated carbocycles. The van der Waals surface area contributed by atoms with Gasteiger partial charge in [0.15, 0.2) is 16.1 Å². The van der Waals surface area contributed by atoms with Gasteiger partial charge in [0.2, 0.25) is 0 Å². The first-order valence-electron chi connectivity index (χ1n) is 50.5. The molecule has 4 nitrogen and oxygen atoms in total. The number of para-hydroxylation sites is 1. The fourth-order valence-corrected chi connectivity index (χ4v) is 21.2. The van der Waals surface area contributed by atoms with E-state index in [0.717, 1.165) is 10.1 Å². The second-order valence-electron chi connectivity index (χ2n) is 25.6. The summed E-state index contributed by atoms with van der Waals surface area (Å²) in [6.45, 7) is 7.55. The third-order valence-electron chi connectivity index (χ3n) is 17.7. The van der Waals surface area contributed by atoms with Gasteiger partial charge in [-0.25, -0.2) is 0 Å². The number of imidazole rings is 1. The molecule has 2 heterocycles. The minimum absolute atomic E-state index is 0. The summed E-state index contributed by atoms with van der Waals surface area (Å²) < 4.78 is 381. The van der Waals surface area contributed by atoms with Crippen LogP contribution in [-0.2, 0) is 31.9 Å². The van der Waals surface area contributed by atoms with Gasteiger partial charge in [0.1, 0.15) is 0 Å². The largest absolute Gasteiger partial charge is 4.00 e.